The van der Waals surface area contributed by atoms with Crippen LogP contribution in [0.5, 0.6) is 0 Å². The number of carbonyl (C=O) groups excluding carboxylic acids is 2. The quantitative estimate of drug-likeness (QED) is 0.869. The second-order valence-corrected chi connectivity index (χ2v) is 5.11. The van der Waals surface area contributed by atoms with Gasteiger partial charge < -0.3 is 15.0 Å². The number of aromatic nitrogens is 1. The fourth-order valence-electron chi connectivity index (χ4n) is 2.13. The van der Waals surface area contributed by atoms with Crippen LogP contribution in [-0.2, 0) is 4.74 Å². The summed E-state index contributed by atoms with van der Waals surface area (Å²) in [6.45, 7) is 2.27. The van der Waals surface area contributed by atoms with Crippen LogP contribution in [0.3, 0.4) is 0 Å². The van der Waals surface area contributed by atoms with E-state index in [0.29, 0.717) is 43.5 Å². The van der Waals surface area contributed by atoms with E-state index in [2.05, 4.69) is 10.3 Å². The molecule has 0 aromatic carbocycles. The van der Waals surface area contributed by atoms with Crippen molar-refractivity contribution in [1.29, 1.82) is 0 Å². The van der Waals surface area contributed by atoms with Gasteiger partial charge in [0.15, 0.2) is 0 Å². The molecule has 1 aromatic rings. The highest BCUT2D eigenvalue weighted by Gasteiger charge is 2.25. The molecule has 6 heteroatoms. The van der Waals surface area contributed by atoms with E-state index in [1.807, 2.05) is 0 Å². The highest BCUT2D eigenvalue weighted by molar-refractivity contribution is 5.99. The summed E-state index contributed by atoms with van der Waals surface area (Å²) in [6, 6.07) is 1.91. The van der Waals surface area contributed by atoms with Crippen LogP contribution in [0.4, 0.5) is 0 Å². The number of morpholine rings is 1. The zero-order chi connectivity index (χ0) is 13.9. The summed E-state index contributed by atoms with van der Waals surface area (Å²) in [4.78, 5) is 30.0. The lowest BCUT2D eigenvalue weighted by atomic mass is 10.1. The van der Waals surface area contributed by atoms with Crippen LogP contribution in [0.2, 0.25) is 0 Å². The fraction of sp³-hybridized carbons (Fsp3) is 0.500. The maximum absolute atomic E-state index is 12.3. The normalized spacial score (nSPS) is 18.7. The zero-order valence-electron chi connectivity index (χ0n) is 11.2. The third-order valence-electron chi connectivity index (χ3n) is 3.46. The van der Waals surface area contributed by atoms with Crippen molar-refractivity contribution in [3.8, 4) is 0 Å². The molecule has 1 aromatic heterocycles. The monoisotopic (exact) mass is 275 g/mol. The molecule has 3 rings (SSSR count). The van der Waals surface area contributed by atoms with Crippen LogP contribution >= 0.6 is 0 Å². The summed E-state index contributed by atoms with van der Waals surface area (Å²) >= 11 is 0. The molecular formula is C14H17N3O3. The number of ether oxygens (including phenoxy) is 1. The van der Waals surface area contributed by atoms with Crippen LogP contribution in [0.25, 0.3) is 0 Å². The van der Waals surface area contributed by atoms with Gasteiger partial charge in [-0.15, -0.1) is 0 Å². The molecule has 2 aliphatic rings. The van der Waals surface area contributed by atoms with Crippen molar-refractivity contribution in [2.45, 2.75) is 18.9 Å². The van der Waals surface area contributed by atoms with Crippen LogP contribution in [0.15, 0.2) is 18.5 Å². The van der Waals surface area contributed by atoms with Crippen LogP contribution in [0.1, 0.15) is 33.6 Å². The van der Waals surface area contributed by atoms with Crippen molar-refractivity contribution in [2.24, 2.45) is 0 Å². The highest BCUT2D eigenvalue weighted by Crippen LogP contribution is 2.19. The molecule has 0 bridgehead atoms. The summed E-state index contributed by atoms with van der Waals surface area (Å²) in [5.41, 5.74) is 0.895. The standard InChI is InChI=1S/C14H17N3O3/c18-13(16-12-1-2-12)10-7-11(9-15-8-10)14(19)17-3-5-20-6-4-17/h7-9,12H,1-6H2,(H,16,18). The Kier molecular flexibility index (Phi) is 3.64. The molecule has 2 heterocycles. The topological polar surface area (TPSA) is 71.5 Å². The maximum Gasteiger partial charge on any atom is 0.255 e. The van der Waals surface area contributed by atoms with Crippen molar-refractivity contribution >= 4 is 11.8 Å². The van der Waals surface area contributed by atoms with E-state index in [1.54, 1.807) is 11.0 Å². The van der Waals surface area contributed by atoms with Gasteiger partial charge in [0, 0.05) is 31.5 Å². The lowest BCUT2D eigenvalue weighted by molar-refractivity contribution is 0.0302. The Labute approximate surface area is 117 Å². The molecule has 0 atom stereocenters. The maximum atomic E-state index is 12.3. The van der Waals surface area contributed by atoms with Gasteiger partial charge in [-0.25, -0.2) is 0 Å². The molecule has 2 amide bonds. The van der Waals surface area contributed by atoms with Crippen molar-refractivity contribution < 1.29 is 14.3 Å². The summed E-state index contributed by atoms with van der Waals surface area (Å²) in [6.07, 6.45) is 5.07. The Morgan fingerprint density at radius 2 is 1.90 bits per heavy atom. The van der Waals surface area contributed by atoms with E-state index in [-0.39, 0.29) is 11.8 Å². The van der Waals surface area contributed by atoms with Gasteiger partial charge in [0.2, 0.25) is 0 Å². The Balaban J connectivity index is 1.72. The number of nitrogens with one attached hydrogen (secondary N) is 1. The predicted octanol–water partition coefficient (Wildman–Crippen LogP) is 0.446. The average Bonchev–Trinajstić information content (AvgIpc) is 3.31. The van der Waals surface area contributed by atoms with Crippen LogP contribution < -0.4 is 5.32 Å². The lowest BCUT2D eigenvalue weighted by Crippen LogP contribution is -2.40. The van der Waals surface area contributed by atoms with Gasteiger partial charge in [-0.1, -0.05) is 0 Å². The Morgan fingerprint density at radius 1 is 1.20 bits per heavy atom. The molecule has 1 N–H and O–H groups in total. The molecule has 106 valence electrons. The molecule has 0 radical (unpaired) electrons. The Hall–Kier alpha value is -1.95. The molecule has 2 fully saturated rings. The first-order valence-corrected chi connectivity index (χ1v) is 6.87. The summed E-state index contributed by atoms with van der Waals surface area (Å²) in [7, 11) is 0. The third-order valence-corrected chi connectivity index (χ3v) is 3.46. The minimum Gasteiger partial charge on any atom is -0.378 e. The van der Waals surface area contributed by atoms with E-state index in [0.717, 1.165) is 12.8 Å². The van der Waals surface area contributed by atoms with Gasteiger partial charge in [-0.3, -0.25) is 14.6 Å². The lowest BCUT2D eigenvalue weighted by Gasteiger charge is -2.26. The molecule has 0 unspecified atom stereocenters. The molecular weight excluding hydrogens is 258 g/mol. The van der Waals surface area contributed by atoms with E-state index in [4.69, 9.17) is 4.74 Å². The number of amides is 2. The SMILES string of the molecule is O=C(NC1CC1)c1cncc(C(=O)N2CCOCC2)c1. The van der Waals surface area contributed by atoms with Gasteiger partial charge in [-0.2, -0.15) is 0 Å². The minimum atomic E-state index is -0.156. The number of hydrogen-bond acceptors (Lipinski definition) is 4. The second kappa shape index (κ2) is 5.58. The fourth-order valence-corrected chi connectivity index (χ4v) is 2.13. The molecule has 1 aliphatic carbocycles. The predicted molar refractivity (Wildman–Crippen MR) is 71.4 cm³/mol. The average molecular weight is 275 g/mol. The number of pyridine rings is 1. The van der Waals surface area contributed by atoms with Gasteiger partial charge in [0.1, 0.15) is 0 Å². The second-order valence-electron chi connectivity index (χ2n) is 5.11. The van der Waals surface area contributed by atoms with Crippen molar-refractivity contribution in [3.05, 3.63) is 29.6 Å². The Bertz CT molecular complexity index is 522. The summed E-state index contributed by atoms with van der Waals surface area (Å²) < 4.78 is 5.22. The van der Waals surface area contributed by atoms with E-state index in [9.17, 15) is 9.59 Å². The van der Waals surface area contributed by atoms with Crippen LogP contribution in [0, 0.1) is 0 Å². The smallest absolute Gasteiger partial charge is 0.255 e. The van der Waals surface area contributed by atoms with Gasteiger partial charge in [0.05, 0.1) is 24.3 Å². The van der Waals surface area contributed by atoms with Crippen molar-refractivity contribution in [3.63, 3.8) is 0 Å². The largest absolute Gasteiger partial charge is 0.378 e. The van der Waals surface area contributed by atoms with Gasteiger partial charge in [0.25, 0.3) is 11.8 Å². The number of nitrogens with zero attached hydrogens (tertiary/aromatic N) is 2. The van der Waals surface area contributed by atoms with Crippen LogP contribution in [-0.4, -0.2) is 54.0 Å². The van der Waals surface area contributed by atoms with Gasteiger partial charge in [-0.05, 0) is 18.9 Å². The number of carbonyl (C=O) groups is 2. The van der Waals surface area contributed by atoms with Crippen molar-refractivity contribution in [2.75, 3.05) is 26.3 Å². The zero-order valence-corrected chi connectivity index (χ0v) is 11.2. The van der Waals surface area contributed by atoms with E-state index >= 15 is 0 Å². The van der Waals surface area contributed by atoms with Crippen molar-refractivity contribution in [1.82, 2.24) is 15.2 Å². The highest BCUT2D eigenvalue weighted by atomic mass is 16.5. The molecule has 1 aliphatic heterocycles. The molecule has 6 nitrogen and oxygen atoms in total. The number of hydrogen-bond donors (Lipinski definition) is 1. The molecule has 1 saturated heterocycles. The first kappa shape index (κ1) is 13.1. The molecule has 20 heavy (non-hydrogen) atoms. The third kappa shape index (κ3) is 2.96. The number of rotatable bonds is 3. The Morgan fingerprint density at radius 3 is 2.60 bits per heavy atom. The van der Waals surface area contributed by atoms with E-state index in [1.165, 1.54) is 12.4 Å². The minimum absolute atomic E-state index is 0.0955. The first-order valence-electron chi connectivity index (χ1n) is 6.87. The molecule has 1 saturated carbocycles. The first-order chi connectivity index (χ1) is 9.74. The molecule has 0 spiro atoms. The summed E-state index contributed by atoms with van der Waals surface area (Å²) in [5, 5.41) is 2.89. The van der Waals surface area contributed by atoms with Gasteiger partial charge >= 0.3 is 0 Å². The van der Waals surface area contributed by atoms with E-state index < -0.39 is 0 Å². The summed E-state index contributed by atoms with van der Waals surface area (Å²) in [5.74, 6) is -0.251.